The predicted octanol–water partition coefficient (Wildman–Crippen LogP) is 1.62. The molecule has 1 aromatic rings. The number of hydrogen-bond acceptors (Lipinski definition) is 4. The zero-order chi connectivity index (χ0) is 12.8. The quantitative estimate of drug-likeness (QED) is 0.764. The fourth-order valence-corrected chi connectivity index (χ4v) is 1.98. The van der Waals surface area contributed by atoms with Gasteiger partial charge in [-0.25, -0.2) is 0 Å². The third kappa shape index (κ3) is 3.35. The van der Waals surface area contributed by atoms with Crippen LogP contribution >= 0.6 is 0 Å². The Morgan fingerprint density at radius 3 is 2.47 bits per heavy atom. The summed E-state index contributed by atoms with van der Waals surface area (Å²) in [6.07, 6.45) is 0. The molecule has 0 aromatic heterocycles. The van der Waals surface area contributed by atoms with Gasteiger partial charge in [0.1, 0.15) is 11.5 Å². The van der Waals surface area contributed by atoms with Crippen LogP contribution in [0.5, 0.6) is 11.5 Å². The molecule has 0 heterocycles. The summed E-state index contributed by atoms with van der Waals surface area (Å²) in [6, 6.07) is 4.04. The lowest BCUT2D eigenvalue weighted by molar-refractivity contribution is 0.301. The van der Waals surface area contributed by atoms with Crippen molar-refractivity contribution in [1.29, 1.82) is 0 Å². The second-order valence-corrected chi connectivity index (χ2v) is 4.11. The number of rotatable bonds is 6. The summed E-state index contributed by atoms with van der Waals surface area (Å²) >= 11 is 0. The highest BCUT2D eigenvalue weighted by atomic mass is 16.5. The van der Waals surface area contributed by atoms with E-state index in [9.17, 15) is 0 Å². The first-order valence-corrected chi connectivity index (χ1v) is 5.67. The molecule has 0 aliphatic rings. The maximum absolute atomic E-state index is 5.47. The number of benzene rings is 1. The van der Waals surface area contributed by atoms with Crippen LogP contribution in [0.15, 0.2) is 12.1 Å². The van der Waals surface area contributed by atoms with Crippen LogP contribution in [0.25, 0.3) is 0 Å². The van der Waals surface area contributed by atoms with E-state index in [0.29, 0.717) is 0 Å². The third-order valence-electron chi connectivity index (χ3n) is 2.73. The Kier molecular flexibility index (Phi) is 5.25. The van der Waals surface area contributed by atoms with Crippen molar-refractivity contribution in [3.63, 3.8) is 0 Å². The molecule has 0 aliphatic carbocycles. The van der Waals surface area contributed by atoms with Crippen molar-refractivity contribution < 1.29 is 9.47 Å². The monoisotopic (exact) mass is 238 g/mol. The zero-order valence-electron chi connectivity index (χ0n) is 11.3. The van der Waals surface area contributed by atoms with Gasteiger partial charge in [0, 0.05) is 24.3 Å². The van der Waals surface area contributed by atoms with Crippen molar-refractivity contribution in [3.8, 4) is 11.5 Å². The van der Waals surface area contributed by atoms with Gasteiger partial charge in [-0.15, -0.1) is 0 Å². The SMILES string of the molecule is CNCN(C)Cc1ccc(OC)c(C)c1OC. The first-order chi connectivity index (χ1) is 8.13. The van der Waals surface area contributed by atoms with Crippen LogP contribution in [0.2, 0.25) is 0 Å². The van der Waals surface area contributed by atoms with Gasteiger partial charge in [-0.2, -0.15) is 0 Å². The van der Waals surface area contributed by atoms with E-state index in [1.54, 1.807) is 14.2 Å². The molecule has 0 atom stereocenters. The lowest BCUT2D eigenvalue weighted by atomic mass is 10.1. The fraction of sp³-hybridized carbons (Fsp3) is 0.538. The van der Waals surface area contributed by atoms with Crippen molar-refractivity contribution in [2.75, 3.05) is 35.0 Å². The van der Waals surface area contributed by atoms with E-state index in [-0.39, 0.29) is 0 Å². The molecule has 0 fully saturated rings. The van der Waals surface area contributed by atoms with Crippen LogP contribution < -0.4 is 14.8 Å². The summed E-state index contributed by atoms with van der Waals surface area (Å²) in [7, 11) is 7.38. The highest BCUT2D eigenvalue weighted by Gasteiger charge is 2.12. The lowest BCUT2D eigenvalue weighted by Gasteiger charge is -2.19. The third-order valence-corrected chi connectivity index (χ3v) is 2.73. The Labute approximate surface area is 104 Å². The highest BCUT2D eigenvalue weighted by molar-refractivity contribution is 5.49. The molecule has 0 spiro atoms. The van der Waals surface area contributed by atoms with Crippen molar-refractivity contribution in [1.82, 2.24) is 10.2 Å². The van der Waals surface area contributed by atoms with Gasteiger partial charge in [-0.1, -0.05) is 6.07 Å². The summed E-state index contributed by atoms with van der Waals surface area (Å²) < 4.78 is 10.8. The molecule has 0 radical (unpaired) electrons. The normalized spacial score (nSPS) is 10.7. The minimum atomic E-state index is 0.841. The van der Waals surface area contributed by atoms with Gasteiger partial charge in [0.05, 0.1) is 14.2 Å². The lowest BCUT2D eigenvalue weighted by Crippen LogP contribution is -2.28. The summed E-state index contributed by atoms with van der Waals surface area (Å²) in [5, 5.41) is 3.12. The van der Waals surface area contributed by atoms with E-state index in [4.69, 9.17) is 9.47 Å². The van der Waals surface area contributed by atoms with Crippen molar-refractivity contribution in [2.45, 2.75) is 13.5 Å². The topological polar surface area (TPSA) is 33.7 Å². The number of nitrogens with one attached hydrogen (secondary N) is 1. The smallest absolute Gasteiger partial charge is 0.129 e. The maximum Gasteiger partial charge on any atom is 0.129 e. The molecule has 1 rings (SSSR count). The van der Waals surface area contributed by atoms with E-state index in [1.807, 2.05) is 20.0 Å². The number of hydrogen-bond donors (Lipinski definition) is 1. The predicted molar refractivity (Wildman–Crippen MR) is 69.7 cm³/mol. The van der Waals surface area contributed by atoms with Crippen LogP contribution in [0.3, 0.4) is 0 Å². The first kappa shape index (κ1) is 13.8. The minimum absolute atomic E-state index is 0.841. The van der Waals surface area contributed by atoms with Gasteiger partial charge < -0.3 is 14.8 Å². The largest absolute Gasteiger partial charge is 0.496 e. The summed E-state index contributed by atoms with van der Waals surface area (Å²) in [6.45, 7) is 3.70. The molecular formula is C13H22N2O2. The second kappa shape index (κ2) is 6.47. The van der Waals surface area contributed by atoms with E-state index >= 15 is 0 Å². The molecule has 0 saturated carbocycles. The Hall–Kier alpha value is -1.26. The number of ether oxygens (including phenoxy) is 2. The van der Waals surface area contributed by atoms with Crippen LogP contribution in [0.1, 0.15) is 11.1 Å². The molecule has 96 valence electrons. The maximum atomic E-state index is 5.47. The standard InChI is InChI=1S/C13H22N2O2/c1-10-12(16-4)7-6-11(13(10)17-5)8-15(3)9-14-2/h6-7,14H,8-9H2,1-5H3. The minimum Gasteiger partial charge on any atom is -0.496 e. The Balaban J connectivity index is 2.96. The average molecular weight is 238 g/mol. The molecular weight excluding hydrogens is 216 g/mol. The van der Waals surface area contributed by atoms with Gasteiger partial charge in [-0.05, 0) is 27.1 Å². The van der Waals surface area contributed by atoms with E-state index < -0.39 is 0 Å². The van der Waals surface area contributed by atoms with Gasteiger partial charge in [0.15, 0.2) is 0 Å². The molecule has 4 heteroatoms. The summed E-state index contributed by atoms with van der Waals surface area (Å²) in [5.74, 6) is 1.77. The van der Waals surface area contributed by atoms with Gasteiger partial charge >= 0.3 is 0 Å². The highest BCUT2D eigenvalue weighted by Crippen LogP contribution is 2.31. The Morgan fingerprint density at radius 2 is 1.94 bits per heavy atom. The summed E-state index contributed by atoms with van der Waals surface area (Å²) in [5.41, 5.74) is 2.22. The molecule has 1 N–H and O–H groups in total. The second-order valence-electron chi connectivity index (χ2n) is 4.11. The van der Waals surface area contributed by atoms with Gasteiger partial charge in [0.2, 0.25) is 0 Å². The number of nitrogens with zero attached hydrogens (tertiary/aromatic N) is 1. The van der Waals surface area contributed by atoms with E-state index in [1.165, 1.54) is 5.56 Å². The van der Waals surface area contributed by atoms with E-state index in [2.05, 4.69) is 23.3 Å². The molecule has 0 bridgehead atoms. The first-order valence-electron chi connectivity index (χ1n) is 5.67. The van der Waals surface area contributed by atoms with Crippen LogP contribution in [-0.2, 0) is 6.54 Å². The van der Waals surface area contributed by atoms with Gasteiger partial charge in [0.25, 0.3) is 0 Å². The van der Waals surface area contributed by atoms with Crippen LogP contribution in [0.4, 0.5) is 0 Å². The van der Waals surface area contributed by atoms with Crippen LogP contribution in [-0.4, -0.2) is 39.9 Å². The molecule has 4 nitrogen and oxygen atoms in total. The number of methoxy groups -OCH3 is 2. The molecule has 0 unspecified atom stereocenters. The Morgan fingerprint density at radius 1 is 1.24 bits per heavy atom. The fourth-order valence-electron chi connectivity index (χ4n) is 1.98. The average Bonchev–Trinajstić information content (AvgIpc) is 2.30. The molecule has 0 aliphatic heterocycles. The van der Waals surface area contributed by atoms with Crippen molar-refractivity contribution in [2.24, 2.45) is 0 Å². The molecule has 0 saturated heterocycles. The van der Waals surface area contributed by atoms with Crippen molar-refractivity contribution in [3.05, 3.63) is 23.3 Å². The van der Waals surface area contributed by atoms with Crippen LogP contribution in [0, 0.1) is 6.92 Å². The van der Waals surface area contributed by atoms with Gasteiger partial charge in [-0.3, -0.25) is 4.90 Å². The van der Waals surface area contributed by atoms with E-state index in [0.717, 1.165) is 30.3 Å². The molecule has 17 heavy (non-hydrogen) atoms. The molecule has 1 aromatic carbocycles. The summed E-state index contributed by atoms with van der Waals surface area (Å²) in [4.78, 5) is 2.18. The Bertz CT molecular complexity index is 367. The van der Waals surface area contributed by atoms with Crippen molar-refractivity contribution >= 4 is 0 Å². The molecule has 0 amide bonds. The zero-order valence-corrected chi connectivity index (χ0v) is 11.3.